The molecule has 0 fully saturated rings. The highest BCUT2D eigenvalue weighted by atomic mass is 32.1. The number of pyridine rings is 1. The van der Waals surface area contributed by atoms with Gasteiger partial charge in [-0.05, 0) is 36.4 Å². The van der Waals surface area contributed by atoms with Gasteiger partial charge in [0.25, 0.3) is 5.69 Å². The summed E-state index contributed by atoms with van der Waals surface area (Å²) < 4.78 is 6.55. The van der Waals surface area contributed by atoms with Gasteiger partial charge in [-0.25, -0.2) is 14.8 Å². The number of benzene rings is 2. The first-order chi connectivity index (χ1) is 15.0. The van der Waals surface area contributed by atoms with E-state index in [1.54, 1.807) is 17.6 Å². The average Bonchev–Trinajstić information content (AvgIpc) is 3.22. The molecule has 152 valence electrons. The number of fused-ring (bicyclic) bond motifs is 1. The van der Waals surface area contributed by atoms with Gasteiger partial charge in [-0.15, -0.1) is 11.3 Å². The highest BCUT2D eigenvalue weighted by molar-refractivity contribution is 7.16. The van der Waals surface area contributed by atoms with Crippen molar-refractivity contribution in [3.8, 4) is 17.6 Å². The van der Waals surface area contributed by atoms with Gasteiger partial charge in [0, 0.05) is 18.0 Å². The molecule has 2 heterocycles. The van der Waals surface area contributed by atoms with E-state index in [0.29, 0.717) is 11.4 Å². The first-order valence-electron chi connectivity index (χ1n) is 8.75. The summed E-state index contributed by atoms with van der Waals surface area (Å²) >= 11 is 1.48. The van der Waals surface area contributed by atoms with E-state index in [4.69, 9.17) is 10.00 Å². The van der Waals surface area contributed by atoms with Crippen LogP contribution in [0.5, 0.6) is 11.5 Å². The molecule has 0 saturated carbocycles. The number of amides is 2. The molecule has 0 aliphatic carbocycles. The normalized spacial score (nSPS) is 10.3. The molecule has 0 spiro atoms. The van der Waals surface area contributed by atoms with Gasteiger partial charge in [-0.1, -0.05) is 0 Å². The summed E-state index contributed by atoms with van der Waals surface area (Å²) in [6.45, 7) is 0. The lowest BCUT2D eigenvalue weighted by Crippen LogP contribution is -2.20. The minimum absolute atomic E-state index is 0.00275. The Labute approximate surface area is 178 Å². The van der Waals surface area contributed by atoms with Gasteiger partial charge >= 0.3 is 6.03 Å². The zero-order chi connectivity index (χ0) is 21.8. The largest absolute Gasteiger partial charge is 0.457 e. The quantitative estimate of drug-likeness (QED) is 0.337. The van der Waals surface area contributed by atoms with Crippen molar-refractivity contribution in [2.75, 3.05) is 10.6 Å². The second-order valence-electron chi connectivity index (χ2n) is 6.14. The molecule has 4 aromatic rings. The summed E-state index contributed by atoms with van der Waals surface area (Å²) in [7, 11) is 0. The maximum absolute atomic E-state index is 12.3. The average molecular weight is 432 g/mol. The Morgan fingerprint density at radius 2 is 1.94 bits per heavy atom. The van der Waals surface area contributed by atoms with Crippen LogP contribution in [0.25, 0.3) is 10.2 Å². The van der Waals surface area contributed by atoms with Crippen molar-refractivity contribution < 1.29 is 14.5 Å². The molecule has 2 aromatic heterocycles. The molecule has 0 radical (unpaired) electrons. The fraction of sp³-hybridized carbons (Fsp3) is 0. The monoisotopic (exact) mass is 432 g/mol. The second-order valence-corrected chi connectivity index (χ2v) is 7.03. The van der Waals surface area contributed by atoms with E-state index in [1.807, 2.05) is 12.1 Å². The van der Waals surface area contributed by atoms with Gasteiger partial charge in [-0.3, -0.25) is 10.1 Å². The predicted molar refractivity (Wildman–Crippen MR) is 114 cm³/mol. The minimum Gasteiger partial charge on any atom is -0.457 e. The Morgan fingerprint density at radius 1 is 1.10 bits per heavy atom. The zero-order valence-electron chi connectivity index (χ0n) is 15.6. The van der Waals surface area contributed by atoms with E-state index in [1.165, 1.54) is 47.9 Å². The van der Waals surface area contributed by atoms with Crippen molar-refractivity contribution in [3.63, 3.8) is 0 Å². The number of nitrogens with zero attached hydrogens (tertiary/aromatic N) is 4. The molecule has 11 heteroatoms. The number of carbonyl (C=O) groups is 1. The molecule has 4 rings (SSSR count). The Bertz CT molecular complexity index is 1350. The molecule has 0 saturated heterocycles. The molecule has 0 bridgehead atoms. The number of nitro benzene ring substituents is 1. The van der Waals surface area contributed by atoms with Crippen molar-refractivity contribution >= 4 is 44.6 Å². The third-order valence-electron chi connectivity index (χ3n) is 4.08. The lowest BCUT2D eigenvalue weighted by Gasteiger charge is -2.10. The van der Waals surface area contributed by atoms with Crippen molar-refractivity contribution in [2.24, 2.45) is 0 Å². The number of carbonyl (C=O) groups excluding carboxylic acids is 1. The van der Waals surface area contributed by atoms with Crippen LogP contribution in [-0.4, -0.2) is 20.9 Å². The second kappa shape index (κ2) is 8.44. The number of aromatic nitrogens is 2. The smallest absolute Gasteiger partial charge is 0.323 e. The van der Waals surface area contributed by atoms with E-state index in [-0.39, 0.29) is 22.8 Å². The lowest BCUT2D eigenvalue weighted by molar-refractivity contribution is -0.384. The van der Waals surface area contributed by atoms with Crippen LogP contribution in [0.2, 0.25) is 0 Å². The molecular formula is C20H12N6O4S. The molecule has 0 aliphatic heterocycles. The molecule has 31 heavy (non-hydrogen) atoms. The van der Waals surface area contributed by atoms with Crippen molar-refractivity contribution in [2.45, 2.75) is 0 Å². The van der Waals surface area contributed by atoms with E-state index < -0.39 is 11.0 Å². The number of rotatable bonds is 5. The zero-order valence-corrected chi connectivity index (χ0v) is 16.4. The Morgan fingerprint density at radius 3 is 2.74 bits per heavy atom. The van der Waals surface area contributed by atoms with Crippen molar-refractivity contribution in [3.05, 3.63) is 76.0 Å². The summed E-state index contributed by atoms with van der Waals surface area (Å²) in [6.07, 6.45) is 1.39. The fourth-order valence-corrected chi connectivity index (χ4v) is 3.38. The molecule has 0 unspecified atom stereocenters. The van der Waals surface area contributed by atoms with Crippen LogP contribution in [0.15, 0.2) is 60.2 Å². The van der Waals surface area contributed by atoms with Gasteiger partial charge in [0.1, 0.15) is 28.9 Å². The third-order valence-corrected chi connectivity index (χ3v) is 4.89. The molecular weight excluding hydrogens is 420 g/mol. The molecule has 2 aromatic carbocycles. The standard InChI is InChI=1S/C20H12N6O4S/c21-10-13-7-15(5-6-22-13)30-14-2-3-16(18(9-14)26(28)29)25-20(27)24-12-1-4-19-17(8-12)23-11-31-19/h1-9,11H,(H2,24,25,27). The van der Waals surface area contributed by atoms with Crippen LogP contribution >= 0.6 is 11.3 Å². The fourth-order valence-electron chi connectivity index (χ4n) is 2.72. The summed E-state index contributed by atoms with van der Waals surface area (Å²) in [5.74, 6) is 0.471. The number of ether oxygens (including phenoxy) is 1. The molecule has 0 aliphatic rings. The minimum atomic E-state index is -0.640. The summed E-state index contributed by atoms with van der Waals surface area (Å²) in [5, 5.41) is 25.5. The first kappa shape index (κ1) is 19.7. The van der Waals surface area contributed by atoms with Crippen LogP contribution in [0.4, 0.5) is 21.9 Å². The first-order valence-corrected chi connectivity index (χ1v) is 9.63. The number of nitriles is 1. The van der Waals surface area contributed by atoms with Crippen LogP contribution in [0, 0.1) is 21.4 Å². The maximum atomic E-state index is 12.3. The number of thiazole rings is 1. The van der Waals surface area contributed by atoms with Crippen LogP contribution < -0.4 is 15.4 Å². The predicted octanol–water partition coefficient (Wildman–Crippen LogP) is 4.91. The SMILES string of the molecule is N#Cc1cc(Oc2ccc(NC(=O)Nc3ccc4scnc4c3)c([N+](=O)[O-])c2)ccn1. The Kier molecular flexibility index (Phi) is 5.37. The van der Waals surface area contributed by atoms with Gasteiger partial charge in [0.05, 0.1) is 26.7 Å². The van der Waals surface area contributed by atoms with Gasteiger partial charge in [0.2, 0.25) is 0 Å². The van der Waals surface area contributed by atoms with E-state index in [9.17, 15) is 14.9 Å². The summed E-state index contributed by atoms with van der Waals surface area (Å²) in [5.41, 5.74) is 2.75. The number of urea groups is 1. The lowest BCUT2D eigenvalue weighted by atomic mass is 10.2. The van der Waals surface area contributed by atoms with Gasteiger partial charge < -0.3 is 15.4 Å². The molecule has 0 atom stereocenters. The molecule has 10 nitrogen and oxygen atoms in total. The third kappa shape index (κ3) is 4.55. The number of hydrogen-bond donors (Lipinski definition) is 2. The van der Waals surface area contributed by atoms with Crippen LogP contribution in [0.3, 0.4) is 0 Å². The van der Waals surface area contributed by atoms with Crippen molar-refractivity contribution in [1.82, 2.24) is 9.97 Å². The Balaban J connectivity index is 1.51. The summed E-state index contributed by atoms with van der Waals surface area (Å²) in [6, 6.07) is 13.4. The van der Waals surface area contributed by atoms with Crippen molar-refractivity contribution in [1.29, 1.82) is 5.26 Å². The van der Waals surface area contributed by atoms with E-state index in [0.717, 1.165) is 10.2 Å². The van der Waals surface area contributed by atoms with Crippen LogP contribution in [0.1, 0.15) is 5.69 Å². The molecule has 2 N–H and O–H groups in total. The summed E-state index contributed by atoms with van der Waals surface area (Å²) in [4.78, 5) is 31.2. The number of hydrogen-bond acceptors (Lipinski definition) is 8. The van der Waals surface area contributed by atoms with Crippen LogP contribution in [-0.2, 0) is 0 Å². The number of anilines is 2. The number of nitro groups is 1. The Hall–Kier alpha value is -4.56. The van der Waals surface area contributed by atoms with E-state index >= 15 is 0 Å². The van der Waals surface area contributed by atoms with E-state index in [2.05, 4.69) is 20.6 Å². The topological polar surface area (TPSA) is 143 Å². The van der Waals surface area contributed by atoms with Gasteiger partial charge in [-0.2, -0.15) is 5.26 Å². The molecule has 2 amide bonds. The highest BCUT2D eigenvalue weighted by Crippen LogP contribution is 2.32. The maximum Gasteiger partial charge on any atom is 0.323 e. The highest BCUT2D eigenvalue weighted by Gasteiger charge is 2.18. The number of nitrogens with one attached hydrogen (secondary N) is 2. The van der Waals surface area contributed by atoms with Gasteiger partial charge in [0.15, 0.2) is 0 Å².